The van der Waals surface area contributed by atoms with E-state index in [1.165, 1.54) is 0 Å². The maximum absolute atomic E-state index is 4.37. The van der Waals surface area contributed by atoms with Crippen LogP contribution in [0.1, 0.15) is 18.4 Å². The van der Waals surface area contributed by atoms with Crippen LogP contribution in [-0.4, -0.2) is 40.6 Å². The van der Waals surface area contributed by atoms with Gasteiger partial charge in [-0.15, -0.1) is 11.3 Å². The Balaban J connectivity index is 2.11. The first-order chi connectivity index (χ1) is 9.69. The smallest absolute Gasteiger partial charge is 0.231 e. The number of nitrogens with zero attached hydrogens (tertiary/aromatic N) is 5. The zero-order valence-electron chi connectivity index (χ0n) is 11.9. The van der Waals surface area contributed by atoms with Crippen molar-refractivity contribution in [2.24, 2.45) is 0 Å². The Hall–Kier alpha value is -1.96. The highest BCUT2D eigenvalue weighted by atomic mass is 32.1. The predicted octanol–water partition coefficient (Wildman–Crippen LogP) is 1.83. The molecule has 7 nitrogen and oxygen atoms in total. The van der Waals surface area contributed by atoms with Crippen molar-refractivity contribution in [3.63, 3.8) is 0 Å². The van der Waals surface area contributed by atoms with Gasteiger partial charge in [0.1, 0.15) is 5.01 Å². The average Bonchev–Trinajstić information content (AvgIpc) is 2.96. The van der Waals surface area contributed by atoms with Gasteiger partial charge in [0.2, 0.25) is 17.8 Å². The van der Waals surface area contributed by atoms with Crippen molar-refractivity contribution in [2.75, 3.05) is 36.2 Å². The van der Waals surface area contributed by atoms with Gasteiger partial charge in [-0.1, -0.05) is 6.92 Å². The van der Waals surface area contributed by atoms with Crippen molar-refractivity contribution < 1.29 is 0 Å². The van der Waals surface area contributed by atoms with E-state index in [0.717, 1.165) is 18.0 Å². The van der Waals surface area contributed by atoms with Gasteiger partial charge in [-0.2, -0.15) is 15.0 Å². The van der Waals surface area contributed by atoms with E-state index in [-0.39, 0.29) is 0 Å². The molecule has 0 fully saturated rings. The van der Waals surface area contributed by atoms with Gasteiger partial charge in [0, 0.05) is 32.2 Å². The number of thiazole rings is 1. The third kappa shape index (κ3) is 4.02. The van der Waals surface area contributed by atoms with Crippen LogP contribution in [0.4, 0.5) is 17.8 Å². The fraction of sp³-hybridized carbons (Fsp3) is 0.500. The molecule has 0 aliphatic heterocycles. The van der Waals surface area contributed by atoms with Gasteiger partial charge in [0.05, 0.1) is 6.54 Å². The van der Waals surface area contributed by atoms with Gasteiger partial charge in [-0.05, 0) is 6.42 Å². The van der Waals surface area contributed by atoms with Crippen LogP contribution in [0, 0.1) is 0 Å². The van der Waals surface area contributed by atoms with Gasteiger partial charge in [0.15, 0.2) is 0 Å². The molecular formula is C12H19N7S. The van der Waals surface area contributed by atoms with Crippen molar-refractivity contribution in [3.8, 4) is 0 Å². The summed E-state index contributed by atoms with van der Waals surface area (Å²) in [5, 5.41) is 9.31. The lowest BCUT2D eigenvalue weighted by atomic mass is 10.5. The largest absolute Gasteiger partial charge is 0.354 e. The summed E-state index contributed by atoms with van der Waals surface area (Å²) in [5.41, 5.74) is 0. The molecule has 0 bridgehead atoms. The summed E-state index contributed by atoms with van der Waals surface area (Å²) < 4.78 is 0. The zero-order chi connectivity index (χ0) is 14.4. The Labute approximate surface area is 122 Å². The summed E-state index contributed by atoms with van der Waals surface area (Å²) in [6, 6.07) is 0. The third-order valence-corrected chi connectivity index (χ3v) is 3.22. The molecule has 0 atom stereocenters. The van der Waals surface area contributed by atoms with Crippen LogP contribution >= 0.6 is 11.3 Å². The Morgan fingerprint density at radius 3 is 2.50 bits per heavy atom. The molecule has 0 radical (unpaired) electrons. The van der Waals surface area contributed by atoms with Gasteiger partial charge in [-0.25, -0.2) is 4.98 Å². The highest BCUT2D eigenvalue weighted by Crippen LogP contribution is 2.13. The standard InChI is InChI=1S/C12H19N7S/c1-4-5-14-10-16-11(18-12(17-10)19(2)3)15-8-9-13-6-7-20-9/h6-7H,4-5,8H2,1-3H3,(H2,14,15,16,17,18). The van der Waals surface area contributed by atoms with Crippen molar-refractivity contribution in [1.82, 2.24) is 19.9 Å². The molecule has 0 aliphatic carbocycles. The molecule has 2 N–H and O–H groups in total. The maximum Gasteiger partial charge on any atom is 0.231 e. The molecule has 2 aromatic rings. The summed E-state index contributed by atoms with van der Waals surface area (Å²) in [5.74, 6) is 1.77. The Bertz CT molecular complexity index is 527. The molecule has 0 aromatic carbocycles. The Kier molecular flexibility index (Phi) is 5.05. The normalized spacial score (nSPS) is 10.3. The minimum Gasteiger partial charge on any atom is -0.354 e. The van der Waals surface area contributed by atoms with Gasteiger partial charge in [-0.3, -0.25) is 0 Å². The van der Waals surface area contributed by atoms with Crippen molar-refractivity contribution in [3.05, 3.63) is 16.6 Å². The quantitative estimate of drug-likeness (QED) is 0.806. The van der Waals surface area contributed by atoms with E-state index in [9.17, 15) is 0 Å². The first-order valence-corrected chi connectivity index (χ1v) is 7.36. The number of hydrogen-bond acceptors (Lipinski definition) is 8. The molecule has 0 aliphatic rings. The van der Waals surface area contributed by atoms with E-state index >= 15 is 0 Å². The van der Waals surface area contributed by atoms with Crippen LogP contribution < -0.4 is 15.5 Å². The maximum atomic E-state index is 4.37. The minimum absolute atomic E-state index is 0.553. The van der Waals surface area contributed by atoms with Crippen LogP contribution in [0.25, 0.3) is 0 Å². The second kappa shape index (κ2) is 6.99. The van der Waals surface area contributed by atoms with E-state index in [2.05, 4.69) is 37.5 Å². The number of anilines is 3. The molecule has 2 aromatic heterocycles. The molecular weight excluding hydrogens is 274 g/mol. The van der Waals surface area contributed by atoms with Crippen LogP contribution in [0.15, 0.2) is 11.6 Å². The topological polar surface area (TPSA) is 78.9 Å². The molecule has 0 unspecified atom stereocenters. The average molecular weight is 293 g/mol. The lowest BCUT2D eigenvalue weighted by Gasteiger charge is -2.13. The molecule has 8 heteroatoms. The zero-order valence-corrected chi connectivity index (χ0v) is 12.7. The van der Waals surface area contributed by atoms with E-state index < -0.39 is 0 Å². The van der Waals surface area contributed by atoms with Gasteiger partial charge < -0.3 is 15.5 Å². The number of aromatic nitrogens is 4. The van der Waals surface area contributed by atoms with Crippen LogP contribution in [-0.2, 0) is 6.54 Å². The van der Waals surface area contributed by atoms with Crippen LogP contribution in [0.2, 0.25) is 0 Å². The van der Waals surface area contributed by atoms with Gasteiger partial charge in [0.25, 0.3) is 0 Å². The fourth-order valence-corrected chi connectivity index (χ4v) is 2.01. The molecule has 20 heavy (non-hydrogen) atoms. The number of rotatable bonds is 7. The van der Waals surface area contributed by atoms with Crippen LogP contribution in [0.5, 0.6) is 0 Å². The molecule has 108 valence electrons. The highest BCUT2D eigenvalue weighted by Gasteiger charge is 2.08. The number of nitrogens with one attached hydrogen (secondary N) is 2. The third-order valence-electron chi connectivity index (χ3n) is 2.44. The van der Waals surface area contributed by atoms with E-state index in [4.69, 9.17) is 0 Å². The lowest BCUT2D eigenvalue weighted by Crippen LogP contribution is -2.17. The van der Waals surface area contributed by atoms with Gasteiger partial charge >= 0.3 is 0 Å². The van der Waals surface area contributed by atoms with Crippen molar-refractivity contribution in [2.45, 2.75) is 19.9 Å². The van der Waals surface area contributed by atoms with E-state index in [1.54, 1.807) is 17.5 Å². The Morgan fingerprint density at radius 1 is 1.15 bits per heavy atom. The van der Waals surface area contributed by atoms with E-state index in [1.807, 2.05) is 24.4 Å². The molecule has 2 rings (SSSR count). The molecule has 0 saturated carbocycles. The number of hydrogen-bond donors (Lipinski definition) is 2. The molecule has 2 heterocycles. The fourth-order valence-electron chi connectivity index (χ4n) is 1.45. The second-order valence-corrected chi connectivity index (χ2v) is 5.36. The first-order valence-electron chi connectivity index (χ1n) is 6.48. The summed E-state index contributed by atoms with van der Waals surface area (Å²) >= 11 is 1.60. The molecule has 0 saturated heterocycles. The summed E-state index contributed by atoms with van der Waals surface area (Å²) in [6.07, 6.45) is 2.80. The second-order valence-electron chi connectivity index (χ2n) is 4.38. The first kappa shape index (κ1) is 14.4. The van der Waals surface area contributed by atoms with E-state index in [0.29, 0.717) is 24.4 Å². The summed E-state index contributed by atoms with van der Waals surface area (Å²) in [7, 11) is 3.81. The Morgan fingerprint density at radius 2 is 1.90 bits per heavy atom. The molecule has 0 amide bonds. The lowest BCUT2D eigenvalue weighted by molar-refractivity contribution is 0.909. The predicted molar refractivity (Wildman–Crippen MR) is 82.4 cm³/mol. The van der Waals surface area contributed by atoms with Crippen molar-refractivity contribution in [1.29, 1.82) is 0 Å². The minimum atomic E-state index is 0.553. The monoisotopic (exact) mass is 293 g/mol. The SMILES string of the molecule is CCCNc1nc(NCc2nccs2)nc(N(C)C)n1. The summed E-state index contributed by atoms with van der Waals surface area (Å²) in [4.78, 5) is 19.2. The highest BCUT2D eigenvalue weighted by molar-refractivity contribution is 7.09. The molecule has 0 spiro atoms. The van der Waals surface area contributed by atoms with Crippen LogP contribution in [0.3, 0.4) is 0 Å². The van der Waals surface area contributed by atoms with Crippen molar-refractivity contribution >= 4 is 29.2 Å². The summed E-state index contributed by atoms with van der Waals surface area (Å²) in [6.45, 7) is 3.55.